The molecule has 5 heteroatoms. The fourth-order valence-corrected chi connectivity index (χ4v) is 0.744. The van der Waals surface area contributed by atoms with E-state index in [2.05, 4.69) is 9.72 Å². The van der Waals surface area contributed by atoms with E-state index in [0.29, 0.717) is 5.56 Å². The Kier molecular flexibility index (Phi) is 3.40. The molecular weight excluding hydrogens is 194 g/mol. The molecule has 0 radical (unpaired) electrons. The maximum atomic E-state index is 11.1. The molecule has 0 N–H and O–H groups in total. The summed E-state index contributed by atoms with van der Waals surface area (Å²) >= 11 is 4.98. The van der Waals surface area contributed by atoms with Gasteiger partial charge in [-0.15, -0.1) is 0 Å². The lowest BCUT2D eigenvalue weighted by atomic mass is 10.3. The third kappa shape index (κ3) is 3.21. The van der Waals surface area contributed by atoms with Gasteiger partial charge in [0.1, 0.15) is 0 Å². The van der Waals surface area contributed by atoms with E-state index in [1.165, 1.54) is 18.5 Å². The second-order valence-corrected chi connectivity index (χ2v) is 2.59. The molecule has 0 aromatic carbocycles. The van der Waals surface area contributed by atoms with Gasteiger partial charge in [-0.05, 0) is 23.7 Å². The van der Waals surface area contributed by atoms with E-state index >= 15 is 0 Å². The Labute approximate surface area is 79.5 Å². The summed E-state index contributed by atoms with van der Waals surface area (Å²) in [5, 5.41) is -0.711. The largest absolute Gasteiger partial charge is 0.453 e. The van der Waals surface area contributed by atoms with E-state index in [-0.39, 0.29) is 0 Å². The van der Waals surface area contributed by atoms with Crippen LogP contribution in [0.5, 0.6) is 0 Å². The molecule has 1 aromatic rings. The number of carbonyl (C=O) groups excluding carboxylic acids is 2. The van der Waals surface area contributed by atoms with Gasteiger partial charge < -0.3 is 4.74 Å². The van der Waals surface area contributed by atoms with Gasteiger partial charge in [0.15, 0.2) is 6.61 Å². The van der Waals surface area contributed by atoms with Gasteiger partial charge in [0.2, 0.25) is 0 Å². The zero-order chi connectivity index (χ0) is 9.68. The van der Waals surface area contributed by atoms with Gasteiger partial charge in [-0.3, -0.25) is 9.78 Å². The monoisotopic (exact) mass is 199 g/mol. The third-order valence-corrected chi connectivity index (χ3v) is 1.32. The van der Waals surface area contributed by atoms with Gasteiger partial charge >= 0.3 is 5.97 Å². The highest BCUT2D eigenvalue weighted by Gasteiger charge is 2.07. The molecule has 1 aromatic heterocycles. The van der Waals surface area contributed by atoms with Crippen LogP contribution in [0.2, 0.25) is 0 Å². The van der Waals surface area contributed by atoms with Gasteiger partial charge in [0.05, 0.1) is 5.56 Å². The van der Waals surface area contributed by atoms with Crippen LogP contribution in [0.3, 0.4) is 0 Å². The molecule has 0 unspecified atom stereocenters. The zero-order valence-electron chi connectivity index (χ0n) is 6.57. The highest BCUT2D eigenvalue weighted by Crippen LogP contribution is 1.98. The van der Waals surface area contributed by atoms with Gasteiger partial charge in [-0.25, -0.2) is 4.79 Å². The molecule has 4 nitrogen and oxygen atoms in total. The number of aromatic nitrogens is 1. The SMILES string of the molecule is O=C(Cl)COC(=O)c1cccnc1. The number of hydrogen-bond acceptors (Lipinski definition) is 4. The van der Waals surface area contributed by atoms with E-state index in [9.17, 15) is 9.59 Å². The van der Waals surface area contributed by atoms with Crippen LogP contribution in [-0.2, 0) is 9.53 Å². The van der Waals surface area contributed by atoms with E-state index in [0.717, 1.165) is 0 Å². The Morgan fingerprint density at radius 1 is 1.54 bits per heavy atom. The van der Waals surface area contributed by atoms with Gasteiger partial charge in [-0.1, -0.05) is 0 Å². The Balaban J connectivity index is 2.54. The van der Waals surface area contributed by atoms with Crippen LogP contribution >= 0.6 is 11.6 Å². The molecule has 0 fully saturated rings. The summed E-state index contributed by atoms with van der Waals surface area (Å²) in [6.45, 7) is -0.421. The number of rotatable bonds is 3. The van der Waals surface area contributed by atoms with Crippen LogP contribution < -0.4 is 0 Å². The molecule has 0 saturated heterocycles. The quantitative estimate of drug-likeness (QED) is 0.539. The molecule has 0 amide bonds. The maximum Gasteiger partial charge on any atom is 0.340 e. The number of carbonyl (C=O) groups is 2. The zero-order valence-corrected chi connectivity index (χ0v) is 7.32. The summed E-state index contributed by atoms with van der Waals surface area (Å²) in [7, 11) is 0. The molecule has 0 saturated carbocycles. The Morgan fingerprint density at radius 2 is 2.31 bits per heavy atom. The summed E-state index contributed by atoms with van der Waals surface area (Å²) in [5.74, 6) is -0.609. The Hall–Kier alpha value is -1.42. The first kappa shape index (κ1) is 9.67. The molecule has 0 bridgehead atoms. The van der Waals surface area contributed by atoms with Crippen molar-refractivity contribution in [1.29, 1.82) is 0 Å². The van der Waals surface area contributed by atoms with Crippen molar-refractivity contribution in [2.75, 3.05) is 6.61 Å². The minimum absolute atomic E-state index is 0.292. The second kappa shape index (κ2) is 4.57. The summed E-state index contributed by atoms with van der Waals surface area (Å²) in [6.07, 6.45) is 2.88. The molecule has 1 heterocycles. The number of hydrogen-bond donors (Lipinski definition) is 0. The van der Waals surface area contributed by atoms with Crippen LogP contribution in [0.25, 0.3) is 0 Å². The number of nitrogens with zero attached hydrogens (tertiary/aromatic N) is 1. The summed E-state index contributed by atoms with van der Waals surface area (Å²) in [6, 6.07) is 3.13. The average molecular weight is 200 g/mol. The lowest BCUT2D eigenvalue weighted by molar-refractivity contribution is -0.114. The van der Waals surface area contributed by atoms with Crippen molar-refractivity contribution in [3.63, 3.8) is 0 Å². The highest BCUT2D eigenvalue weighted by atomic mass is 35.5. The molecule has 0 atom stereocenters. The van der Waals surface area contributed by atoms with E-state index in [1.807, 2.05) is 0 Å². The van der Waals surface area contributed by atoms with E-state index in [1.54, 1.807) is 6.07 Å². The average Bonchev–Trinajstić information content (AvgIpc) is 2.15. The lowest BCUT2D eigenvalue weighted by Gasteiger charge is -1.99. The highest BCUT2D eigenvalue weighted by molar-refractivity contribution is 6.64. The van der Waals surface area contributed by atoms with Crippen molar-refractivity contribution < 1.29 is 14.3 Å². The normalized spacial score (nSPS) is 9.31. The fourth-order valence-electron chi connectivity index (χ4n) is 0.689. The van der Waals surface area contributed by atoms with Gasteiger partial charge in [-0.2, -0.15) is 0 Å². The smallest absolute Gasteiger partial charge is 0.340 e. The van der Waals surface area contributed by atoms with Crippen molar-refractivity contribution in [1.82, 2.24) is 4.98 Å². The Morgan fingerprint density at radius 3 is 2.85 bits per heavy atom. The second-order valence-electron chi connectivity index (χ2n) is 2.17. The summed E-state index contributed by atoms with van der Waals surface area (Å²) in [5.41, 5.74) is 0.292. The molecule has 1 rings (SSSR count). The lowest BCUT2D eigenvalue weighted by Crippen LogP contribution is -2.10. The minimum atomic E-state index is -0.711. The van der Waals surface area contributed by atoms with E-state index in [4.69, 9.17) is 11.6 Å². The van der Waals surface area contributed by atoms with Crippen LogP contribution in [0.1, 0.15) is 10.4 Å². The van der Waals surface area contributed by atoms with Crippen molar-refractivity contribution in [3.8, 4) is 0 Å². The number of halogens is 1. The standard InChI is InChI=1S/C8H6ClNO3/c9-7(11)5-13-8(12)6-2-1-3-10-4-6/h1-4H,5H2. The molecule has 0 spiro atoms. The fraction of sp³-hybridized carbons (Fsp3) is 0.125. The maximum absolute atomic E-state index is 11.1. The minimum Gasteiger partial charge on any atom is -0.453 e. The van der Waals surface area contributed by atoms with Crippen LogP contribution in [0, 0.1) is 0 Å². The van der Waals surface area contributed by atoms with Crippen LogP contribution in [0.15, 0.2) is 24.5 Å². The topological polar surface area (TPSA) is 56.3 Å². The van der Waals surface area contributed by atoms with Gasteiger partial charge in [0.25, 0.3) is 5.24 Å². The summed E-state index contributed by atoms with van der Waals surface area (Å²) in [4.78, 5) is 25.0. The molecule has 0 aliphatic carbocycles. The third-order valence-electron chi connectivity index (χ3n) is 1.21. The Bertz CT molecular complexity index is 312. The first-order valence-corrected chi connectivity index (χ1v) is 3.83. The molecule has 0 aliphatic heterocycles. The molecule has 68 valence electrons. The number of pyridine rings is 1. The van der Waals surface area contributed by atoms with Crippen LogP contribution in [-0.4, -0.2) is 22.8 Å². The predicted molar refractivity (Wildman–Crippen MR) is 45.4 cm³/mol. The number of ether oxygens (including phenoxy) is 1. The predicted octanol–water partition coefficient (Wildman–Crippen LogP) is 1.00. The molecule has 13 heavy (non-hydrogen) atoms. The van der Waals surface area contributed by atoms with E-state index < -0.39 is 17.8 Å². The van der Waals surface area contributed by atoms with Gasteiger partial charge in [0, 0.05) is 12.4 Å². The van der Waals surface area contributed by atoms with Crippen molar-refractivity contribution in [2.45, 2.75) is 0 Å². The first-order chi connectivity index (χ1) is 6.20. The molecular formula is C8H6ClNO3. The van der Waals surface area contributed by atoms with Crippen molar-refractivity contribution >= 4 is 22.8 Å². The van der Waals surface area contributed by atoms with Crippen LogP contribution in [0.4, 0.5) is 0 Å². The molecule has 0 aliphatic rings. The van der Waals surface area contributed by atoms with Crippen molar-refractivity contribution in [3.05, 3.63) is 30.1 Å². The summed E-state index contributed by atoms with van der Waals surface area (Å²) < 4.78 is 4.53. The number of esters is 1. The first-order valence-electron chi connectivity index (χ1n) is 3.45. The van der Waals surface area contributed by atoms with Crippen molar-refractivity contribution in [2.24, 2.45) is 0 Å².